The number of hydrogen-bond donors (Lipinski definition) is 1. The van der Waals surface area contributed by atoms with E-state index in [0.29, 0.717) is 13.2 Å². The van der Waals surface area contributed by atoms with E-state index < -0.39 is 0 Å². The van der Waals surface area contributed by atoms with Gasteiger partial charge >= 0.3 is 0 Å². The fraction of sp³-hybridized carbons (Fsp3) is 0.294. The first kappa shape index (κ1) is 15.0. The van der Waals surface area contributed by atoms with Crippen LogP contribution in [0, 0.1) is 11.3 Å². The molecular weight excluding hydrogens is 262 g/mol. The lowest BCUT2D eigenvalue weighted by atomic mass is 10.1. The van der Waals surface area contributed by atoms with Crippen molar-refractivity contribution in [2.24, 2.45) is 0 Å². The molecule has 0 aliphatic rings. The lowest BCUT2D eigenvalue weighted by molar-refractivity contribution is 0.317. The van der Waals surface area contributed by atoms with Crippen LogP contribution in [0.15, 0.2) is 48.8 Å². The highest BCUT2D eigenvalue weighted by molar-refractivity contribution is 5.33. The quantitative estimate of drug-likeness (QED) is 0.846. The van der Waals surface area contributed by atoms with E-state index in [1.807, 2.05) is 36.4 Å². The third kappa shape index (κ3) is 4.59. The summed E-state index contributed by atoms with van der Waals surface area (Å²) in [6, 6.07) is 13.5. The van der Waals surface area contributed by atoms with Gasteiger partial charge in [0.15, 0.2) is 0 Å². The number of rotatable bonds is 7. The van der Waals surface area contributed by atoms with Gasteiger partial charge in [-0.1, -0.05) is 19.1 Å². The van der Waals surface area contributed by atoms with Gasteiger partial charge in [0.25, 0.3) is 0 Å². The molecule has 0 aliphatic heterocycles. The van der Waals surface area contributed by atoms with Crippen molar-refractivity contribution in [3.8, 4) is 11.8 Å². The molecule has 2 aromatic rings. The first-order valence-electron chi connectivity index (χ1n) is 7.08. The van der Waals surface area contributed by atoms with Crippen LogP contribution in [-0.2, 0) is 6.54 Å². The van der Waals surface area contributed by atoms with Gasteiger partial charge in [-0.2, -0.15) is 5.26 Å². The summed E-state index contributed by atoms with van der Waals surface area (Å²) in [6.07, 6.45) is 4.46. The van der Waals surface area contributed by atoms with Crippen LogP contribution in [0.1, 0.15) is 30.5 Å². The second kappa shape index (κ2) is 8.03. The van der Waals surface area contributed by atoms with Gasteiger partial charge in [-0.15, -0.1) is 0 Å². The summed E-state index contributed by atoms with van der Waals surface area (Å²) < 4.78 is 5.61. The van der Waals surface area contributed by atoms with Crippen LogP contribution in [0.3, 0.4) is 0 Å². The number of aromatic nitrogens is 1. The van der Waals surface area contributed by atoms with E-state index in [0.717, 1.165) is 23.3 Å². The fourth-order valence-electron chi connectivity index (χ4n) is 1.96. The number of hydrogen-bond acceptors (Lipinski definition) is 4. The molecule has 0 bridgehead atoms. The molecule has 4 nitrogen and oxygen atoms in total. The van der Waals surface area contributed by atoms with Crippen LogP contribution in [0.2, 0.25) is 0 Å². The maximum atomic E-state index is 9.36. The Bertz CT molecular complexity index is 592. The molecule has 21 heavy (non-hydrogen) atoms. The molecule has 1 aromatic carbocycles. The van der Waals surface area contributed by atoms with Crippen molar-refractivity contribution in [1.29, 1.82) is 5.26 Å². The van der Waals surface area contributed by atoms with Gasteiger partial charge in [0.05, 0.1) is 12.7 Å². The summed E-state index contributed by atoms with van der Waals surface area (Å²) >= 11 is 0. The molecule has 108 valence electrons. The van der Waals surface area contributed by atoms with Gasteiger partial charge in [-0.05, 0) is 41.8 Å². The first-order chi connectivity index (χ1) is 10.3. The molecule has 1 heterocycles. The Morgan fingerprint density at radius 1 is 1.29 bits per heavy atom. The Morgan fingerprint density at radius 2 is 2.10 bits per heavy atom. The zero-order valence-corrected chi connectivity index (χ0v) is 12.1. The predicted octanol–water partition coefficient (Wildman–Crippen LogP) is 3.22. The van der Waals surface area contributed by atoms with E-state index in [2.05, 4.69) is 23.3 Å². The Morgan fingerprint density at radius 3 is 2.81 bits per heavy atom. The zero-order chi connectivity index (χ0) is 14.9. The second-order valence-corrected chi connectivity index (χ2v) is 4.72. The fourth-order valence-corrected chi connectivity index (χ4v) is 1.96. The Labute approximate surface area is 125 Å². The van der Waals surface area contributed by atoms with Crippen molar-refractivity contribution >= 4 is 0 Å². The van der Waals surface area contributed by atoms with Crippen LogP contribution in [-0.4, -0.2) is 11.6 Å². The van der Waals surface area contributed by atoms with Crippen molar-refractivity contribution in [2.75, 3.05) is 6.61 Å². The highest BCUT2D eigenvalue weighted by Gasteiger charge is 2.10. The largest absolute Gasteiger partial charge is 0.494 e. The van der Waals surface area contributed by atoms with Gasteiger partial charge in [0, 0.05) is 18.9 Å². The maximum absolute atomic E-state index is 9.36. The molecule has 0 amide bonds. The molecule has 0 spiro atoms. The number of nitrogens with one attached hydrogen (secondary N) is 1. The predicted molar refractivity (Wildman–Crippen MR) is 81.7 cm³/mol. The molecule has 0 saturated heterocycles. The number of ether oxygens (including phenoxy) is 1. The van der Waals surface area contributed by atoms with Gasteiger partial charge in [0.1, 0.15) is 11.8 Å². The highest BCUT2D eigenvalue weighted by Crippen LogP contribution is 2.19. The molecular formula is C17H19N3O. The molecule has 1 aromatic heterocycles. The molecule has 0 radical (unpaired) electrons. The average molecular weight is 281 g/mol. The van der Waals surface area contributed by atoms with Crippen LogP contribution in [0.5, 0.6) is 5.75 Å². The van der Waals surface area contributed by atoms with Crippen molar-refractivity contribution in [3.63, 3.8) is 0 Å². The molecule has 0 saturated carbocycles. The second-order valence-electron chi connectivity index (χ2n) is 4.72. The Balaban J connectivity index is 2.02. The summed E-state index contributed by atoms with van der Waals surface area (Å²) in [5.41, 5.74) is 2.02. The van der Waals surface area contributed by atoms with E-state index >= 15 is 0 Å². The molecule has 1 N–H and O–H groups in total. The number of nitriles is 1. The SMILES string of the molecule is CCCOc1cccc(C(C#N)NCc2ccncc2)c1. The average Bonchev–Trinajstić information content (AvgIpc) is 2.55. The van der Waals surface area contributed by atoms with E-state index in [1.165, 1.54) is 0 Å². The van der Waals surface area contributed by atoms with Crippen LogP contribution in [0.4, 0.5) is 0 Å². The highest BCUT2D eigenvalue weighted by atomic mass is 16.5. The molecule has 2 rings (SSSR count). The molecule has 1 atom stereocenters. The van der Waals surface area contributed by atoms with E-state index in [1.54, 1.807) is 12.4 Å². The summed E-state index contributed by atoms with van der Waals surface area (Å²) in [7, 11) is 0. The summed E-state index contributed by atoms with van der Waals surface area (Å²) in [5, 5.41) is 12.6. The van der Waals surface area contributed by atoms with Crippen molar-refractivity contribution in [2.45, 2.75) is 25.9 Å². The molecule has 4 heteroatoms. The minimum atomic E-state index is -0.358. The Kier molecular flexibility index (Phi) is 5.74. The smallest absolute Gasteiger partial charge is 0.121 e. The lowest BCUT2D eigenvalue weighted by Gasteiger charge is -2.13. The lowest BCUT2D eigenvalue weighted by Crippen LogP contribution is -2.19. The number of nitrogens with zero attached hydrogens (tertiary/aromatic N) is 2. The molecule has 0 fully saturated rings. The number of pyridine rings is 1. The van der Waals surface area contributed by atoms with Gasteiger partial charge < -0.3 is 4.74 Å². The van der Waals surface area contributed by atoms with Crippen molar-refractivity contribution < 1.29 is 4.74 Å². The van der Waals surface area contributed by atoms with Crippen LogP contribution < -0.4 is 10.1 Å². The summed E-state index contributed by atoms with van der Waals surface area (Å²) in [5.74, 6) is 0.806. The molecule has 1 unspecified atom stereocenters. The topological polar surface area (TPSA) is 57.9 Å². The van der Waals surface area contributed by atoms with Gasteiger partial charge in [-0.25, -0.2) is 0 Å². The van der Waals surface area contributed by atoms with Crippen molar-refractivity contribution in [1.82, 2.24) is 10.3 Å². The van der Waals surface area contributed by atoms with Gasteiger partial charge in [-0.3, -0.25) is 10.3 Å². The normalized spacial score (nSPS) is 11.6. The summed E-state index contributed by atoms with van der Waals surface area (Å²) in [6.45, 7) is 3.38. The minimum absolute atomic E-state index is 0.358. The number of benzene rings is 1. The van der Waals surface area contributed by atoms with Crippen molar-refractivity contribution in [3.05, 3.63) is 59.9 Å². The third-order valence-corrected chi connectivity index (χ3v) is 3.05. The monoisotopic (exact) mass is 281 g/mol. The van der Waals surface area contributed by atoms with E-state index in [-0.39, 0.29) is 6.04 Å². The standard InChI is InChI=1S/C17H19N3O/c1-2-10-21-16-5-3-4-15(11-16)17(12-18)20-13-14-6-8-19-9-7-14/h3-9,11,17,20H,2,10,13H2,1H3. The summed E-state index contributed by atoms with van der Waals surface area (Å²) in [4.78, 5) is 3.98. The molecule has 0 aliphatic carbocycles. The first-order valence-corrected chi connectivity index (χ1v) is 7.08. The third-order valence-electron chi connectivity index (χ3n) is 3.05. The van der Waals surface area contributed by atoms with Gasteiger partial charge in [0.2, 0.25) is 0 Å². The maximum Gasteiger partial charge on any atom is 0.121 e. The van der Waals surface area contributed by atoms with Crippen LogP contribution in [0.25, 0.3) is 0 Å². The van der Waals surface area contributed by atoms with Crippen LogP contribution >= 0.6 is 0 Å². The van der Waals surface area contributed by atoms with E-state index in [9.17, 15) is 5.26 Å². The Hall–Kier alpha value is -2.38. The minimum Gasteiger partial charge on any atom is -0.494 e. The van der Waals surface area contributed by atoms with E-state index in [4.69, 9.17) is 4.74 Å². The zero-order valence-electron chi connectivity index (χ0n) is 12.1.